The maximum Gasteiger partial charge on any atom is 0.124 e. The Labute approximate surface area is 131 Å². The van der Waals surface area contributed by atoms with Crippen LogP contribution in [0.2, 0.25) is 0 Å². The number of benzene rings is 2. The molecule has 0 saturated heterocycles. The summed E-state index contributed by atoms with van der Waals surface area (Å²) in [6.07, 6.45) is 0. The van der Waals surface area contributed by atoms with Crippen molar-refractivity contribution in [2.45, 2.75) is 12.6 Å². The lowest BCUT2D eigenvalue weighted by molar-refractivity contribution is 0.241. The fourth-order valence-corrected chi connectivity index (χ4v) is 2.92. The number of nitrogens with zero attached hydrogens (tertiary/aromatic N) is 1. The SMILES string of the molecule is CN(Cc1ccc(F)cc1)C(CN)c1ccc(F)cc1Br. The molecule has 1 atom stereocenters. The first-order valence-electron chi connectivity index (χ1n) is 6.61. The van der Waals surface area contributed by atoms with Crippen molar-refractivity contribution in [2.24, 2.45) is 5.73 Å². The van der Waals surface area contributed by atoms with Crippen molar-refractivity contribution in [1.29, 1.82) is 0 Å². The third-order valence-corrected chi connectivity index (χ3v) is 4.11. The average molecular weight is 355 g/mol. The van der Waals surface area contributed by atoms with Gasteiger partial charge in [0.05, 0.1) is 0 Å². The van der Waals surface area contributed by atoms with Gasteiger partial charge in [0, 0.05) is 23.6 Å². The average Bonchev–Trinajstić information content (AvgIpc) is 2.44. The highest BCUT2D eigenvalue weighted by Gasteiger charge is 2.18. The summed E-state index contributed by atoms with van der Waals surface area (Å²) in [5.74, 6) is -0.541. The Hall–Kier alpha value is -1.30. The van der Waals surface area contributed by atoms with Crippen LogP contribution < -0.4 is 5.73 Å². The highest BCUT2D eigenvalue weighted by atomic mass is 79.9. The highest BCUT2D eigenvalue weighted by Crippen LogP contribution is 2.28. The lowest BCUT2D eigenvalue weighted by atomic mass is 10.0. The molecule has 0 amide bonds. The molecule has 0 radical (unpaired) electrons. The molecule has 0 heterocycles. The second-order valence-corrected chi connectivity index (χ2v) is 5.81. The van der Waals surface area contributed by atoms with E-state index in [9.17, 15) is 8.78 Å². The van der Waals surface area contributed by atoms with Crippen LogP contribution in [-0.2, 0) is 6.54 Å². The van der Waals surface area contributed by atoms with Crippen molar-refractivity contribution in [3.63, 3.8) is 0 Å². The quantitative estimate of drug-likeness (QED) is 0.883. The zero-order valence-corrected chi connectivity index (χ0v) is 13.3. The van der Waals surface area contributed by atoms with E-state index in [2.05, 4.69) is 20.8 Å². The third kappa shape index (κ3) is 4.09. The number of likely N-dealkylation sites (N-methyl/N-ethyl adjacent to an activating group) is 1. The molecule has 1 unspecified atom stereocenters. The van der Waals surface area contributed by atoms with Gasteiger partial charge in [0.15, 0.2) is 0 Å². The zero-order chi connectivity index (χ0) is 15.4. The second kappa shape index (κ2) is 7.11. The minimum Gasteiger partial charge on any atom is -0.329 e. The molecule has 0 aliphatic rings. The fourth-order valence-electron chi connectivity index (χ4n) is 2.30. The molecule has 0 saturated carbocycles. The molecule has 2 nitrogen and oxygen atoms in total. The van der Waals surface area contributed by atoms with E-state index in [-0.39, 0.29) is 17.7 Å². The lowest BCUT2D eigenvalue weighted by Gasteiger charge is -2.28. The first-order chi connectivity index (χ1) is 10.0. The van der Waals surface area contributed by atoms with E-state index in [4.69, 9.17) is 5.73 Å². The van der Waals surface area contributed by atoms with E-state index < -0.39 is 0 Å². The summed E-state index contributed by atoms with van der Waals surface area (Å²) >= 11 is 3.38. The molecule has 2 aromatic carbocycles. The lowest BCUT2D eigenvalue weighted by Crippen LogP contribution is -2.30. The molecule has 112 valence electrons. The minimum atomic E-state index is -0.289. The van der Waals surface area contributed by atoms with Crippen molar-refractivity contribution >= 4 is 15.9 Å². The van der Waals surface area contributed by atoms with Crippen LogP contribution in [-0.4, -0.2) is 18.5 Å². The van der Waals surface area contributed by atoms with E-state index in [0.717, 1.165) is 11.1 Å². The van der Waals surface area contributed by atoms with Gasteiger partial charge in [-0.05, 0) is 42.4 Å². The zero-order valence-electron chi connectivity index (χ0n) is 11.7. The topological polar surface area (TPSA) is 29.3 Å². The molecule has 21 heavy (non-hydrogen) atoms. The largest absolute Gasteiger partial charge is 0.329 e. The molecule has 0 fully saturated rings. The molecule has 0 bridgehead atoms. The predicted octanol–water partition coefficient (Wildman–Crippen LogP) is 3.86. The summed E-state index contributed by atoms with van der Waals surface area (Å²) in [5.41, 5.74) is 7.80. The summed E-state index contributed by atoms with van der Waals surface area (Å²) < 4.78 is 26.8. The van der Waals surface area contributed by atoms with Gasteiger partial charge in [-0.25, -0.2) is 8.78 Å². The number of hydrogen-bond acceptors (Lipinski definition) is 2. The molecule has 0 spiro atoms. The standard InChI is InChI=1S/C16H17BrF2N2/c1-21(10-11-2-4-12(18)5-3-11)16(9-20)14-7-6-13(19)8-15(14)17/h2-8,16H,9-10,20H2,1H3. The van der Waals surface area contributed by atoms with Crippen molar-refractivity contribution in [1.82, 2.24) is 4.90 Å². The molecular formula is C16H17BrF2N2. The summed E-state index contributed by atoms with van der Waals surface area (Å²) in [7, 11) is 1.94. The van der Waals surface area contributed by atoms with Gasteiger partial charge in [-0.2, -0.15) is 0 Å². The molecule has 0 aromatic heterocycles. The van der Waals surface area contributed by atoms with E-state index in [1.54, 1.807) is 18.2 Å². The van der Waals surface area contributed by atoms with Gasteiger partial charge in [0.1, 0.15) is 11.6 Å². The number of halogens is 3. The molecule has 2 N–H and O–H groups in total. The van der Waals surface area contributed by atoms with Crippen molar-refractivity contribution in [3.8, 4) is 0 Å². The second-order valence-electron chi connectivity index (χ2n) is 4.96. The Morgan fingerprint density at radius 1 is 1.10 bits per heavy atom. The van der Waals surface area contributed by atoms with Gasteiger partial charge in [-0.3, -0.25) is 4.90 Å². The highest BCUT2D eigenvalue weighted by molar-refractivity contribution is 9.10. The fraction of sp³-hybridized carbons (Fsp3) is 0.250. The number of rotatable bonds is 5. The molecule has 2 aromatic rings. The Balaban J connectivity index is 2.18. The maximum absolute atomic E-state index is 13.2. The van der Waals surface area contributed by atoms with Gasteiger partial charge >= 0.3 is 0 Å². The van der Waals surface area contributed by atoms with Crippen LogP contribution in [0, 0.1) is 11.6 Å². The van der Waals surface area contributed by atoms with Crippen LogP contribution in [0.25, 0.3) is 0 Å². The molecule has 0 aliphatic carbocycles. The summed E-state index contributed by atoms with van der Waals surface area (Å²) in [4.78, 5) is 2.06. The Kier molecular flexibility index (Phi) is 5.45. The van der Waals surface area contributed by atoms with Gasteiger partial charge < -0.3 is 5.73 Å². The van der Waals surface area contributed by atoms with Crippen LogP contribution in [0.5, 0.6) is 0 Å². The Morgan fingerprint density at radius 3 is 2.29 bits per heavy atom. The first-order valence-corrected chi connectivity index (χ1v) is 7.40. The Morgan fingerprint density at radius 2 is 1.71 bits per heavy atom. The summed E-state index contributed by atoms with van der Waals surface area (Å²) in [6.45, 7) is 1.04. The maximum atomic E-state index is 13.2. The van der Waals surface area contributed by atoms with Gasteiger partial charge in [-0.15, -0.1) is 0 Å². The van der Waals surface area contributed by atoms with E-state index in [0.29, 0.717) is 17.6 Å². The summed E-state index contributed by atoms with van der Waals surface area (Å²) in [6, 6.07) is 10.9. The number of nitrogens with two attached hydrogens (primary N) is 1. The molecular weight excluding hydrogens is 338 g/mol. The van der Waals surface area contributed by atoms with Crippen molar-refractivity contribution < 1.29 is 8.78 Å². The van der Waals surface area contributed by atoms with Gasteiger partial charge in [-0.1, -0.05) is 34.1 Å². The molecule has 0 aliphatic heterocycles. The smallest absolute Gasteiger partial charge is 0.124 e. The summed E-state index contributed by atoms with van der Waals surface area (Å²) in [5, 5.41) is 0. The van der Waals surface area contributed by atoms with Gasteiger partial charge in [0.25, 0.3) is 0 Å². The molecule has 2 rings (SSSR count). The van der Waals surface area contributed by atoms with Crippen LogP contribution in [0.15, 0.2) is 46.9 Å². The molecule has 5 heteroatoms. The Bertz CT molecular complexity index is 602. The van der Waals surface area contributed by atoms with Crippen LogP contribution >= 0.6 is 15.9 Å². The normalized spacial score (nSPS) is 12.7. The van der Waals surface area contributed by atoms with Crippen LogP contribution in [0.4, 0.5) is 8.78 Å². The van der Waals surface area contributed by atoms with Crippen LogP contribution in [0.3, 0.4) is 0 Å². The van der Waals surface area contributed by atoms with E-state index in [1.807, 2.05) is 7.05 Å². The van der Waals surface area contributed by atoms with Crippen LogP contribution in [0.1, 0.15) is 17.2 Å². The monoisotopic (exact) mass is 354 g/mol. The van der Waals surface area contributed by atoms with Gasteiger partial charge in [0.2, 0.25) is 0 Å². The van der Waals surface area contributed by atoms with E-state index in [1.165, 1.54) is 24.3 Å². The third-order valence-electron chi connectivity index (χ3n) is 3.42. The minimum absolute atomic E-state index is 0.0509. The predicted molar refractivity (Wildman–Crippen MR) is 83.8 cm³/mol. The van der Waals surface area contributed by atoms with Crippen molar-refractivity contribution in [3.05, 3.63) is 69.7 Å². The van der Waals surface area contributed by atoms with E-state index >= 15 is 0 Å². The van der Waals surface area contributed by atoms with Crippen molar-refractivity contribution in [2.75, 3.05) is 13.6 Å². The number of hydrogen-bond donors (Lipinski definition) is 1. The first kappa shape index (κ1) is 16.1.